The van der Waals surface area contributed by atoms with Crippen LogP contribution >= 0.6 is 0 Å². The number of hydrazine groups is 1. The Kier molecular flexibility index (Phi) is 5.40. The van der Waals surface area contributed by atoms with Crippen LogP contribution in [0.1, 0.15) is 20.7 Å². The summed E-state index contributed by atoms with van der Waals surface area (Å²) in [5.74, 6) is -1.52. The molecular weight excluding hydrogens is 362 g/mol. The molecule has 8 heteroatoms. The van der Waals surface area contributed by atoms with Gasteiger partial charge in [0.05, 0.1) is 23.9 Å². The molecule has 0 radical (unpaired) electrons. The standard InChI is InChI=1S/C20H17N3O5/c1-28-19(26)14-8-4-5-9-16(14)21-20(27)23-22-18(25)15-10-12-6-2-3-7-13(12)11-17(15)24/h2-11,24H,1H3,(H,22,25)(H2,21,23,27). The Balaban J connectivity index is 1.68. The van der Waals surface area contributed by atoms with Crippen molar-refractivity contribution in [1.29, 1.82) is 0 Å². The van der Waals surface area contributed by atoms with E-state index in [-0.39, 0.29) is 22.6 Å². The number of anilines is 1. The highest BCUT2D eigenvalue weighted by Crippen LogP contribution is 2.24. The average Bonchev–Trinajstić information content (AvgIpc) is 2.71. The number of benzene rings is 3. The number of aromatic hydroxyl groups is 1. The molecule has 3 amide bonds. The topological polar surface area (TPSA) is 117 Å². The molecule has 3 aromatic carbocycles. The summed E-state index contributed by atoms with van der Waals surface area (Å²) >= 11 is 0. The molecule has 0 saturated heterocycles. The Hall–Kier alpha value is -4.07. The monoisotopic (exact) mass is 379 g/mol. The van der Waals surface area contributed by atoms with E-state index in [9.17, 15) is 19.5 Å². The number of carbonyl (C=O) groups excluding carboxylic acids is 3. The quantitative estimate of drug-likeness (QED) is 0.412. The van der Waals surface area contributed by atoms with E-state index in [1.807, 2.05) is 12.1 Å². The molecule has 8 nitrogen and oxygen atoms in total. The van der Waals surface area contributed by atoms with Gasteiger partial charge in [-0.15, -0.1) is 0 Å². The van der Waals surface area contributed by atoms with E-state index in [0.717, 1.165) is 10.8 Å². The van der Waals surface area contributed by atoms with Gasteiger partial charge in [0.25, 0.3) is 5.91 Å². The number of phenols is 1. The third-order valence-corrected chi connectivity index (χ3v) is 3.98. The van der Waals surface area contributed by atoms with Crippen LogP contribution in [-0.4, -0.2) is 30.1 Å². The Bertz CT molecular complexity index is 1060. The maximum absolute atomic E-state index is 12.3. The third kappa shape index (κ3) is 4.01. The van der Waals surface area contributed by atoms with Crippen molar-refractivity contribution in [1.82, 2.24) is 10.9 Å². The SMILES string of the molecule is COC(=O)c1ccccc1NC(=O)NNC(=O)c1cc2ccccc2cc1O. The largest absolute Gasteiger partial charge is 0.507 e. The predicted molar refractivity (Wildman–Crippen MR) is 103 cm³/mol. The number of para-hydroxylation sites is 1. The number of hydrogen-bond donors (Lipinski definition) is 4. The number of methoxy groups -OCH3 is 1. The number of phenolic OH excluding ortho intramolecular Hbond substituents is 1. The molecule has 0 heterocycles. The lowest BCUT2D eigenvalue weighted by Crippen LogP contribution is -2.44. The molecule has 4 N–H and O–H groups in total. The summed E-state index contributed by atoms with van der Waals surface area (Å²) < 4.78 is 4.65. The van der Waals surface area contributed by atoms with Crippen LogP contribution in [0.4, 0.5) is 10.5 Å². The highest BCUT2D eigenvalue weighted by molar-refractivity contribution is 6.04. The lowest BCUT2D eigenvalue weighted by molar-refractivity contribution is 0.0601. The minimum absolute atomic E-state index is 0.00830. The van der Waals surface area contributed by atoms with Gasteiger partial charge in [0.15, 0.2) is 0 Å². The summed E-state index contributed by atoms with van der Waals surface area (Å²) in [4.78, 5) is 36.1. The molecule has 0 atom stereocenters. The highest BCUT2D eigenvalue weighted by Gasteiger charge is 2.15. The number of rotatable bonds is 3. The van der Waals surface area contributed by atoms with E-state index in [0.29, 0.717) is 0 Å². The van der Waals surface area contributed by atoms with E-state index in [1.165, 1.54) is 31.4 Å². The molecular formula is C20H17N3O5. The van der Waals surface area contributed by atoms with Crippen LogP contribution in [0.5, 0.6) is 5.75 Å². The minimum Gasteiger partial charge on any atom is -0.507 e. The molecule has 0 aromatic heterocycles. The summed E-state index contributed by atoms with van der Waals surface area (Å²) in [7, 11) is 1.23. The van der Waals surface area contributed by atoms with Crippen molar-refractivity contribution in [3.8, 4) is 5.75 Å². The van der Waals surface area contributed by atoms with E-state index in [1.54, 1.807) is 24.3 Å². The van der Waals surface area contributed by atoms with Gasteiger partial charge in [-0.1, -0.05) is 36.4 Å². The Morgan fingerprint density at radius 2 is 1.50 bits per heavy atom. The first-order valence-corrected chi connectivity index (χ1v) is 8.26. The van der Waals surface area contributed by atoms with E-state index < -0.39 is 17.9 Å². The molecule has 142 valence electrons. The number of urea groups is 1. The molecule has 0 spiro atoms. The van der Waals surface area contributed by atoms with Crippen LogP contribution in [0.3, 0.4) is 0 Å². The average molecular weight is 379 g/mol. The van der Waals surface area contributed by atoms with Gasteiger partial charge in [-0.2, -0.15) is 0 Å². The normalized spacial score (nSPS) is 10.2. The molecule has 0 aliphatic heterocycles. The number of hydrogen-bond acceptors (Lipinski definition) is 5. The predicted octanol–water partition coefficient (Wildman–Crippen LogP) is 2.80. The van der Waals surface area contributed by atoms with Gasteiger partial charge in [-0.25, -0.2) is 15.0 Å². The van der Waals surface area contributed by atoms with Crippen LogP contribution < -0.4 is 16.2 Å². The summed E-state index contributed by atoms with van der Waals surface area (Å²) in [5.41, 5.74) is 4.78. The zero-order valence-corrected chi connectivity index (χ0v) is 14.9. The van der Waals surface area contributed by atoms with E-state index in [4.69, 9.17) is 0 Å². The van der Waals surface area contributed by atoms with Crippen molar-refractivity contribution in [3.63, 3.8) is 0 Å². The van der Waals surface area contributed by atoms with E-state index >= 15 is 0 Å². The number of esters is 1. The Labute approximate surface area is 160 Å². The highest BCUT2D eigenvalue weighted by atomic mass is 16.5. The van der Waals surface area contributed by atoms with Crippen molar-refractivity contribution in [2.24, 2.45) is 0 Å². The number of fused-ring (bicyclic) bond motifs is 1. The van der Waals surface area contributed by atoms with Crippen LogP contribution in [-0.2, 0) is 4.74 Å². The first kappa shape index (κ1) is 18.7. The Morgan fingerprint density at radius 3 is 2.21 bits per heavy atom. The summed E-state index contributed by atoms with van der Waals surface area (Å²) in [6, 6.07) is 15.7. The summed E-state index contributed by atoms with van der Waals surface area (Å²) in [5, 5.41) is 14.1. The second-order valence-corrected chi connectivity index (χ2v) is 5.79. The molecule has 0 aliphatic carbocycles. The van der Waals surface area contributed by atoms with Crippen molar-refractivity contribution in [2.45, 2.75) is 0 Å². The summed E-state index contributed by atoms with van der Waals surface area (Å²) in [6.07, 6.45) is 0. The fourth-order valence-electron chi connectivity index (χ4n) is 2.62. The summed E-state index contributed by atoms with van der Waals surface area (Å²) in [6.45, 7) is 0. The van der Waals surface area contributed by atoms with Crippen LogP contribution in [0.15, 0.2) is 60.7 Å². The van der Waals surface area contributed by atoms with Gasteiger partial charge in [-0.05, 0) is 35.0 Å². The van der Waals surface area contributed by atoms with Crippen molar-refractivity contribution >= 4 is 34.4 Å². The molecule has 0 aliphatic rings. The fraction of sp³-hybridized carbons (Fsp3) is 0.0500. The molecule has 3 aromatic rings. The van der Waals surface area contributed by atoms with Gasteiger partial charge >= 0.3 is 12.0 Å². The van der Waals surface area contributed by atoms with Gasteiger partial charge in [-0.3, -0.25) is 10.2 Å². The lowest BCUT2D eigenvalue weighted by atomic mass is 10.1. The van der Waals surface area contributed by atoms with Crippen LogP contribution in [0.25, 0.3) is 10.8 Å². The van der Waals surface area contributed by atoms with Gasteiger partial charge in [0.2, 0.25) is 0 Å². The van der Waals surface area contributed by atoms with Crippen molar-refractivity contribution in [3.05, 3.63) is 71.8 Å². The lowest BCUT2D eigenvalue weighted by Gasteiger charge is -2.12. The molecule has 0 fully saturated rings. The number of carbonyl (C=O) groups is 3. The smallest absolute Gasteiger partial charge is 0.339 e. The Morgan fingerprint density at radius 1 is 0.857 bits per heavy atom. The number of nitrogens with one attached hydrogen (secondary N) is 3. The number of ether oxygens (including phenoxy) is 1. The number of amides is 3. The zero-order chi connectivity index (χ0) is 20.1. The van der Waals surface area contributed by atoms with Crippen LogP contribution in [0, 0.1) is 0 Å². The minimum atomic E-state index is -0.773. The van der Waals surface area contributed by atoms with Gasteiger partial charge in [0.1, 0.15) is 5.75 Å². The second kappa shape index (κ2) is 8.09. The van der Waals surface area contributed by atoms with Gasteiger partial charge < -0.3 is 15.2 Å². The van der Waals surface area contributed by atoms with Crippen molar-refractivity contribution < 1.29 is 24.2 Å². The maximum atomic E-state index is 12.3. The fourth-order valence-corrected chi connectivity index (χ4v) is 2.62. The molecule has 28 heavy (non-hydrogen) atoms. The molecule has 0 unspecified atom stereocenters. The van der Waals surface area contributed by atoms with Crippen molar-refractivity contribution in [2.75, 3.05) is 12.4 Å². The second-order valence-electron chi connectivity index (χ2n) is 5.79. The van der Waals surface area contributed by atoms with E-state index in [2.05, 4.69) is 20.9 Å². The van der Waals surface area contributed by atoms with Crippen LogP contribution in [0.2, 0.25) is 0 Å². The zero-order valence-electron chi connectivity index (χ0n) is 14.9. The third-order valence-electron chi connectivity index (χ3n) is 3.98. The maximum Gasteiger partial charge on any atom is 0.339 e. The molecule has 0 saturated carbocycles. The first-order valence-electron chi connectivity index (χ1n) is 8.26. The first-order chi connectivity index (χ1) is 13.5. The molecule has 3 rings (SSSR count). The molecule has 0 bridgehead atoms. The van der Waals surface area contributed by atoms with Gasteiger partial charge in [0, 0.05) is 0 Å².